The van der Waals surface area contributed by atoms with Crippen molar-refractivity contribution in [3.8, 4) is 0 Å². The van der Waals surface area contributed by atoms with E-state index in [2.05, 4.69) is 0 Å². The van der Waals surface area contributed by atoms with Crippen LogP contribution in [0.4, 0.5) is 4.39 Å². The molecule has 1 N–H and O–H groups in total. The molecule has 0 radical (unpaired) electrons. The van der Waals surface area contributed by atoms with E-state index in [0.29, 0.717) is 17.6 Å². The molecule has 122 valence electrons. The highest BCUT2D eigenvalue weighted by Crippen LogP contribution is 2.35. The Morgan fingerprint density at radius 1 is 1.04 bits per heavy atom. The summed E-state index contributed by atoms with van der Waals surface area (Å²) in [5, 5.41) is 9.92. The van der Waals surface area contributed by atoms with Crippen molar-refractivity contribution in [2.24, 2.45) is 0 Å². The van der Waals surface area contributed by atoms with Gasteiger partial charge in [-0.2, -0.15) is 0 Å². The summed E-state index contributed by atoms with van der Waals surface area (Å²) in [5.41, 5.74) is 0.316. The van der Waals surface area contributed by atoms with Crippen LogP contribution < -0.4 is 0 Å². The predicted octanol–water partition coefficient (Wildman–Crippen LogP) is 3.62. The Labute approximate surface area is 135 Å². The Kier molecular flexibility index (Phi) is 4.66. The van der Waals surface area contributed by atoms with Crippen molar-refractivity contribution >= 4 is 17.1 Å². The fourth-order valence-corrected chi connectivity index (χ4v) is 2.62. The maximum absolute atomic E-state index is 14.2. The van der Waals surface area contributed by atoms with E-state index in [9.17, 15) is 19.1 Å². The lowest BCUT2D eigenvalue weighted by molar-refractivity contribution is -0.115. The molecule has 23 heavy (non-hydrogen) atoms. The summed E-state index contributed by atoms with van der Waals surface area (Å²) < 4.78 is 14.2. The maximum Gasteiger partial charge on any atom is 0.190 e. The van der Waals surface area contributed by atoms with Crippen LogP contribution in [0.5, 0.6) is 0 Å². The average molecular weight is 316 g/mol. The molecule has 3 nitrogen and oxygen atoms in total. The van der Waals surface area contributed by atoms with E-state index in [4.69, 9.17) is 0 Å². The number of aliphatic hydroxyl groups is 1. The third-order valence-electron chi connectivity index (χ3n) is 4.18. The number of benzene rings is 1. The third kappa shape index (κ3) is 3.48. The van der Waals surface area contributed by atoms with E-state index in [1.165, 1.54) is 12.1 Å². The van der Waals surface area contributed by atoms with Gasteiger partial charge in [-0.1, -0.05) is 18.2 Å². The molecule has 0 atom stereocenters. The fourth-order valence-electron chi connectivity index (χ4n) is 2.62. The predicted molar refractivity (Wildman–Crippen MR) is 87.2 cm³/mol. The van der Waals surface area contributed by atoms with Crippen LogP contribution in [-0.2, 0) is 9.59 Å². The van der Waals surface area contributed by atoms with Gasteiger partial charge in [-0.05, 0) is 46.6 Å². The van der Waals surface area contributed by atoms with Crippen molar-refractivity contribution in [3.05, 3.63) is 52.4 Å². The van der Waals surface area contributed by atoms with E-state index < -0.39 is 11.4 Å². The highest BCUT2D eigenvalue weighted by atomic mass is 19.1. The first-order valence-electron chi connectivity index (χ1n) is 7.61. The van der Waals surface area contributed by atoms with Gasteiger partial charge in [-0.3, -0.25) is 9.59 Å². The molecule has 0 unspecified atom stereocenters. The summed E-state index contributed by atoms with van der Waals surface area (Å²) in [4.78, 5) is 25.3. The molecule has 0 spiro atoms. The quantitative estimate of drug-likeness (QED) is 0.863. The van der Waals surface area contributed by atoms with Gasteiger partial charge in [0.15, 0.2) is 11.6 Å². The lowest BCUT2D eigenvalue weighted by Crippen LogP contribution is -2.24. The number of carbonyl (C=O) groups excluding carboxylic acids is 2. The van der Waals surface area contributed by atoms with Crippen LogP contribution in [0.3, 0.4) is 0 Å². The number of ketones is 2. The molecule has 0 saturated heterocycles. The maximum atomic E-state index is 14.2. The molecule has 1 aliphatic rings. The third-order valence-corrected chi connectivity index (χ3v) is 4.18. The van der Waals surface area contributed by atoms with E-state index >= 15 is 0 Å². The summed E-state index contributed by atoms with van der Waals surface area (Å²) >= 11 is 0. The molecule has 0 amide bonds. The summed E-state index contributed by atoms with van der Waals surface area (Å²) in [5.74, 6) is -1.10. The molecule has 0 heterocycles. The fraction of sp³-hybridized carbons (Fsp3) is 0.368. The Hall–Kier alpha value is -2.07. The van der Waals surface area contributed by atoms with Crippen LogP contribution in [0.25, 0.3) is 5.57 Å². The van der Waals surface area contributed by atoms with Gasteiger partial charge >= 0.3 is 0 Å². The second-order valence-electron chi connectivity index (χ2n) is 6.55. The van der Waals surface area contributed by atoms with E-state index in [0.717, 1.165) is 0 Å². The molecule has 1 aromatic rings. The van der Waals surface area contributed by atoms with Gasteiger partial charge in [0.1, 0.15) is 5.82 Å². The minimum atomic E-state index is -0.971. The van der Waals surface area contributed by atoms with Gasteiger partial charge in [0.05, 0.1) is 5.60 Å². The number of halogens is 1. The molecule has 0 aromatic heterocycles. The Morgan fingerprint density at radius 3 is 2.17 bits per heavy atom. The van der Waals surface area contributed by atoms with Crippen molar-refractivity contribution in [2.45, 2.75) is 46.1 Å². The smallest absolute Gasteiger partial charge is 0.190 e. The van der Waals surface area contributed by atoms with Crippen LogP contribution in [0.2, 0.25) is 0 Å². The van der Waals surface area contributed by atoms with Crippen molar-refractivity contribution in [1.29, 1.82) is 0 Å². The molecule has 0 fully saturated rings. The van der Waals surface area contributed by atoms with Crippen LogP contribution in [0.1, 0.15) is 46.1 Å². The van der Waals surface area contributed by atoms with E-state index in [1.807, 2.05) is 0 Å². The largest absolute Gasteiger partial charge is 0.390 e. The molecule has 1 aliphatic carbocycles. The number of Topliss-reactive ketones (excluding diaryl/α,β-unsaturated/α-hetero) is 2. The lowest BCUT2D eigenvalue weighted by Gasteiger charge is -2.24. The normalized spacial score (nSPS) is 16.4. The Morgan fingerprint density at radius 2 is 1.61 bits per heavy atom. The van der Waals surface area contributed by atoms with Gasteiger partial charge in [0.2, 0.25) is 0 Å². The molecule has 0 aliphatic heterocycles. The minimum absolute atomic E-state index is 0.125. The molecule has 0 bridgehead atoms. The van der Waals surface area contributed by atoms with Gasteiger partial charge in [0, 0.05) is 27.9 Å². The van der Waals surface area contributed by atoms with Crippen LogP contribution in [0, 0.1) is 5.82 Å². The van der Waals surface area contributed by atoms with Gasteiger partial charge in [-0.15, -0.1) is 0 Å². The van der Waals surface area contributed by atoms with Gasteiger partial charge in [-0.25, -0.2) is 4.39 Å². The highest BCUT2D eigenvalue weighted by Gasteiger charge is 2.32. The van der Waals surface area contributed by atoms with E-state index in [1.54, 1.807) is 39.8 Å². The molecule has 0 saturated carbocycles. The topological polar surface area (TPSA) is 54.4 Å². The lowest BCUT2D eigenvalue weighted by atomic mass is 9.79. The summed E-state index contributed by atoms with van der Waals surface area (Å²) in [7, 11) is 0. The van der Waals surface area contributed by atoms with Gasteiger partial charge in [0.25, 0.3) is 0 Å². The van der Waals surface area contributed by atoms with Crippen molar-refractivity contribution < 1.29 is 19.1 Å². The summed E-state index contributed by atoms with van der Waals surface area (Å²) in [6, 6.07) is 5.96. The SMILES string of the molecule is CC1=C(C)C(=O)C(c2ccccc2F)=C(CCC(C)(C)O)C1=O. The molecule has 4 heteroatoms. The second-order valence-corrected chi connectivity index (χ2v) is 6.55. The van der Waals surface area contributed by atoms with Crippen molar-refractivity contribution in [3.63, 3.8) is 0 Å². The van der Waals surface area contributed by atoms with Crippen LogP contribution in [0.15, 0.2) is 41.0 Å². The first kappa shape index (κ1) is 17.3. The Bertz CT molecular complexity index is 733. The molecular formula is C19H21FO3. The first-order chi connectivity index (χ1) is 10.6. The zero-order chi connectivity index (χ0) is 17.4. The summed E-state index contributed by atoms with van der Waals surface area (Å²) in [6.07, 6.45) is 0.536. The number of carbonyl (C=O) groups is 2. The number of rotatable bonds is 4. The summed E-state index contributed by atoms with van der Waals surface area (Å²) in [6.45, 7) is 6.47. The molecule has 2 rings (SSSR count). The first-order valence-corrected chi connectivity index (χ1v) is 7.61. The second kappa shape index (κ2) is 6.20. The zero-order valence-corrected chi connectivity index (χ0v) is 13.9. The van der Waals surface area contributed by atoms with Gasteiger partial charge < -0.3 is 5.11 Å². The minimum Gasteiger partial charge on any atom is -0.390 e. The van der Waals surface area contributed by atoms with Crippen LogP contribution >= 0.6 is 0 Å². The Balaban J connectivity index is 2.61. The van der Waals surface area contributed by atoms with Crippen molar-refractivity contribution in [2.75, 3.05) is 0 Å². The number of hydrogen-bond acceptors (Lipinski definition) is 3. The zero-order valence-electron chi connectivity index (χ0n) is 13.9. The molecule has 1 aromatic carbocycles. The van der Waals surface area contributed by atoms with Crippen molar-refractivity contribution in [1.82, 2.24) is 0 Å². The highest BCUT2D eigenvalue weighted by molar-refractivity contribution is 6.39. The molecular weight excluding hydrogens is 295 g/mol. The monoisotopic (exact) mass is 316 g/mol. The standard InChI is InChI=1S/C19H21FO3/c1-11-12(2)18(22)16(13-7-5-6-8-15(13)20)14(17(11)21)9-10-19(3,4)23/h5-8,23H,9-10H2,1-4H3. The number of allylic oxidation sites excluding steroid dienone is 4. The van der Waals surface area contributed by atoms with Crippen LogP contribution in [-0.4, -0.2) is 22.3 Å². The van der Waals surface area contributed by atoms with E-state index in [-0.39, 0.29) is 34.7 Å². The average Bonchev–Trinajstić information content (AvgIpc) is 2.47. The number of hydrogen-bond donors (Lipinski definition) is 1.